The number of benzene rings is 1. The second kappa shape index (κ2) is 6.67. The van der Waals surface area contributed by atoms with E-state index in [9.17, 15) is 4.79 Å². The predicted octanol–water partition coefficient (Wildman–Crippen LogP) is 2.93. The van der Waals surface area contributed by atoms with Crippen LogP contribution in [0.1, 0.15) is 59.9 Å². The summed E-state index contributed by atoms with van der Waals surface area (Å²) in [5.41, 5.74) is 1.19. The normalized spacial score (nSPS) is 20.3. The Bertz CT molecular complexity index is 800. The molecule has 1 saturated carbocycles. The number of carbonyl (C=O) groups is 1. The quantitative estimate of drug-likeness (QED) is 0.861. The Balaban J connectivity index is 1.59. The topological polar surface area (TPSA) is 74.8 Å². The number of carbonyl (C=O) groups excluding carboxylic acids is 1. The van der Waals surface area contributed by atoms with Crippen molar-refractivity contribution in [3.8, 4) is 6.07 Å². The van der Waals surface area contributed by atoms with Crippen molar-refractivity contribution in [3.05, 3.63) is 47.5 Å². The van der Waals surface area contributed by atoms with Crippen LogP contribution in [0, 0.1) is 17.2 Å². The van der Waals surface area contributed by atoms with Crippen LogP contribution in [0.5, 0.6) is 0 Å². The molecule has 0 N–H and O–H groups in total. The van der Waals surface area contributed by atoms with E-state index in [-0.39, 0.29) is 11.9 Å². The Morgan fingerprint density at radius 2 is 2.00 bits per heavy atom. The van der Waals surface area contributed by atoms with Crippen LogP contribution in [-0.4, -0.2) is 32.1 Å². The number of aromatic nitrogens is 3. The van der Waals surface area contributed by atoms with Gasteiger partial charge in [-0.25, -0.2) is 0 Å². The molecule has 2 aliphatic rings. The molecule has 6 heteroatoms. The highest BCUT2D eigenvalue weighted by Crippen LogP contribution is 2.34. The largest absolute Gasteiger partial charge is 0.328 e. The molecule has 2 heterocycles. The number of hydrogen-bond donors (Lipinski definition) is 0. The Morgan fingerprint density at radius 1 is 1.20 bits per heavy atom. The number of nitrogens with zero attached hydrogens (tertiary/aromatic N) is 5. The fraction of sp³-hybridized carbons (Fsp3) is 0.474. The van der Waals surface area contributed by atoms with Gasteiger partial charge >= 0.3 is 0 Å². The third-order valence-corrected chi connectivity index (χ3v) is 5.12. The fourth-order valence-electron chi connectivity index (χ4n) is 3.54. The van der Waals surface area contributed by atoms with E-state index in [1.165, 1.54) is 12.8 Å². The van der Waals surface area contributed by atoms with Gasteiger partial charge in [0.15, 0.2) is 5.82 Å². The van der Waals surface area contributed by atoms with Crippen molar-refractivity contribution in [2.24, 2.45) is 5.92 Å². The van der Waals surface area contributed by atoms with Crippen LogP contribution in [0.2, 0.25) is 0 Å². The maximum atomic E-state index is 13.0. The van der Waals surface area contributed by atoms with Crippen LogP contribution in [0.4, 0.5) is 0 Å². The molecule has 128 valence electrons. The minimum Gasteiger partial charge on any atom is -0.328 e. The third kappa shape index (κ3) is 3.27. The van der Waals surface area contributed by atoms with Crippen LogP contribution >= 0.6 is 0 Å². The monoisotopic (exact) mass is 335 g/mol. The lowest BCUT2D eigenvalue weighted by Crippen LogP contribution is -2.39. The van der Waals surface area contributed by atoms with Gasteiger partial charge in [-0.1, -0.05) is 0 Å². The van der Waals surface area contributed by atoms with Gasteiger partial charge < -0.3 is 9.47 Å². The Labute approximate surface area is 147 Å². The second-order valence-electron chi connectivity index (χ2n) is 6.98. The number of piperidine rings is 1. The standard InChI is InChI=1S/C19H21N5O/c20-11-14-6-8-16(9-7-14)19(25)24-10-2-1-3-17(24)18-22-21-13-23(18)12-15-4-5-15/h6-9,13,15,17H,1-5,10,12H2. The first kappa shape index (κ1) is 15.8. The molecule has 4 rings (SSSR count). The molecule has 1 aliphatic heterocycles. The first-order valence-electron chi connectivity index (χ1n) is 8.95. The molecule has 0 bridgehead atoms. The molecule has 0 radical (unpaired) electrons. The van der Waals surface area contributed by atoms with Crippen molar-refractivity contribution in [1.29, 1.82) is 5.26 Å². The van der Waals surface area contributed by atoms with Gasteiger partial charge in [-0.05, 0) is 62.3 Å². The molecule has 1 aromatic carbocycles. The highest BCUT2D eigenvalue weighted by Gasteiger charge is 2.33. The van der Waals surface area contributed by atoms with Gasteiger partial charge in [-0.2, -0.15) is 5.26 Å². The summed E-state index contributed by atoms with van der Waals surface area (Å²) in [5, 5.41) is 17.4. The maximum absolute atomic E-state index is 13.0. The fourth-order valence-corrected chi connectivity index (χ4v) is 3.54. The number of amides is 1. The van der Waals surface area contributed by atoms with Gasteiger partial charge in [0.1, 0.15) is 6.33 Å². The Hall–Kier alpha value is -2.68. The van der Waals surface area contributed by atoms with Gasteiger partial charge in [0.2, 0.25) is 0 Å². The van der Waals surface area contributed by atoms with Crippen molar-refractivity contribution in [3.63, 3.8) is 0 Å². The van der Waals surface area contributed by atoms with Gasteiger partial charge in [0, 0.05) is 18.7 Å². The number of hydrogen-bond acceptors (Lipinski definition) is 4. The zero-order chi connectivity index (χ0) is 17.2. The molecule has 1 amide bonds. The second-order valence-corrected chi connectivity index (χ2v) is 6.98. The molecule has 1 aromatic heterocycles. The molecule has 6 nitrogen and oxygen atoms in total. The predicted molar refractivity (Wildman–Crippen MR) is 91.5 cm³/mol. The van der Waals surface area contributed by atoms with E-state index in [1.54, 1.807) is 30.6 Å². The zero-order valence-electron chi connectivity index (χ0n) is 14.1. The highest BCUT2D eigenvalue weighted by atomic mass is 16.2. The summed E-state index contributed by atoms with van der Waals surface area (Å²) in [7, 11) is 0. The van der Waals surface area contributed by atoms with Crippen LogP contribution in [0.25, 0.3) is 0 Å². The molecule has 2 fully saturated rings. The molecule has 1 aliphatic carbocycles. The zero-order valence-corrected chi connectivity index (χ0v) is 14.1. The smallest absolute Gasteiger partial charge is 0.254 e. The van der Waals surface area contributed by atoms with Crippen molar-refractivity contribution in [1.82, 2.24) is 19.7 Å². The van der Waals surface area contributed by atoms with E-state index in [4.69, 9.17) is 5.26 Å². The van der Waals surface area contributed by atoms with E-state index >= 15 is 0 Å². The van der Waals surface area contributed by atoms with E-state index in [2.05, 4.69) is 20.8 Å². The summed E-state index contributed by atoms with van der Waals surface area (Å²) in [6, 6.07) is 8.94. The number of rotatable bonds is 4. The summed E-state index contributed by atoms with van der Waals surface area (Å²) in [6.07, 6.45) is 7.37. The molecule has 1 atom stereocenters. The van der Waals surface area contributed by atoms with Crippen molar-refractivity contribution in [2.75, 3.05) is 6.54 Å². The average Bonchev–Trinajstić information content (AvgIpc) is 3.36. The first-order chi connectivity index (χ1) is 12.3. The summed E-state index contributed by atoms with van der Waals surface area (Å²) in [6.45, 7) is 1.69. The highest BCUT2D eigenvalue weighted by molar-refractivity contribution is 5.94. The maximum Gasteiger partial charge on any atom is 0.254 e. The summed E-state index contributed by atoms with van der Waals surface area (Å²) in [5.74, 6) is 1.66. The van der Waals surface area contributed by atoms with Crippen molar-refractivity contribution in [2.45, 2.75) is 44.7 Å². The lowest BCUT2D eigenvalue weighted by molar-refractivity contribution is 0.0594. The van der Waals surface area contributed by atoms with Crippen molar-refractivity contribution >= 4 is 5.91 Å². The Kier molecular flexibility index (Phi) is 4.22. The molecular weight excluding hydrogens is 314 g/mol. The lowest BCUT2D eigenvalue weighted by atomic mass is 9.99. The van der Waals surface area contributed by atoms with Gasteiger partial charge in [0.05, 0.1) is 17.7 Å². The lowest BCUT2D eigenvalue weighted by Gasteiger charge is -2.35. The summed E-state index contributed by atoms with van der Waals surface area (Å²) >= 11 is 0. The van der Waals surface area contributed by atoms with Crippen LogP contribution in [0.15, 0.2) is 30.6 Å². The van der Waals surface area contributed by atoms with Crippen LogP contribution in [0.3, 0.4) is 0 Å². The van der Waals surface area contributed by atoms with E-state index < -0.39 is 0 Å². The minimum absolute atomic E-state index is 0.00941. The molecule has 1 unspecified atom stereocenters. The Morgan fingerprint density at radius 3 is 2.72 bits per heavy atom. The van der Waals surface area contributed by atoms with E-state index in [0.717, 1.165) is 44.1 Å². The molecule has 1 saturated heterocycles. The van der Waals surface area contributed by atoms with Gasteiger partial charge in [-0.3, -0.25) is 4.79 Å². The first-order valence-corrected chi connectivity index (χ1v) is 8.95. The van der Waals surface area contributed by atoms with Crippen molar-refractivity contribution < 1.29 is 4.79 Å². The van der Waals surface area contributed by atoms with Crippen LogP contribution < -0.4 is 0 Å². The van der Waals surface area contributed by atoms with Gasteiger partial charge in [-0.15, -0.1) is 10.2 Å². The third-order valence-electron chi connectivity index (χ3n) is 5.12. The molecule has 25 heavy (non-hydrogen) atoms. The SMILES string of the molecule is N#Cc1ccc(C(=O)N2CCCCC2c2nncn2CC2CC2)cc1. The molecule has 0 spiro atoms. The molecular formula is C19H21N5O. The summed E-state index contributed by atoms with van der Waals surface area (Å²) < 4.78 is 2.13. The summed E-state index contributed by atoms with van der Waals surface area (Å²) in [4.78, 5) is 15.0. The number of nitriles is 1. The van der Waals surface area contributed by atoms with E-state index in [1.807, 2.05) is 4.90 Å². The number of likely N-dealkylation sites (tertiary alicyclic amines) is 1. The van der Waals surface area contributed by atoms with Crippen LogP contribution in [-0.2, 0) is 6.54 Å². The van der Waals surface area contributed by atoms with Gasteiger partial charge in [0.25, 0.3) is 5.91 Å². The average molecular weight is 335 g/mol. The van der Waals surface area contributed by atoms with E-state index in [0.29, 0.717) is 11.1 Å². The molecule has 2 aromatic rings. The minimum atomic E-state index is -0.0156.